The highest BCUT2D eigenvalue weighted by atomic mass is 16.5. The van der Waals surface area contributed by atoms with Crippen LogP contribution in [0.2, 0.25) is 0 Å². The molecule has 1 aromatic carbocycles. The Hall–Kier alpha value is -2.02. The number of hydrogen-bond acceptors (Lipinski definition) is 4. The van der Waals surface area contributed by atoms with E-state index in [4.69, 9.17) is 10.00 Å². The van der Waals surface area contributed by atoms with Crippen LogP contribution in [0.25, 0.3) is 0 Å². The number of hydrogen-bond donors (Lipinski definition) is 0. The zero-order chi connectivity index (χ0) is 12.0. The first-order chi connectivity index (χ1) is 7.69. The predicted molar refractivity (Wildman–Crippen MR) is 57.8 cm³/mol. The van der Waals surface area contributed by atoms with Crippen LogP contribution in [0.15, 0.2) is 24.3 Å². The van der Waals surface area contributed by atoms with Crippen LogP contribution in [0.1, 0.15) is 12.5 Å². The molecule has 0 radical (unpaired) electrons. The van der Waals surface area contributed by atoms with E-state index < -0.39 is 0 Å². The lowest BCUT2D eigenvalue weighted by molar-refractivity contribution is -0.145. The molecule has 1 rings (SSSR count). The van der Waals surface area contributed by atoms with E-state index in [-0.39, 0.29) is 18.5 Å². The molecule has 0 fully saturated rings. The van der Waals surface area contributed by atoms with Crippen molar-refractivity contribution in [3.63, 3.8) is 0 Å². The van der Waals surface area contributed by atoms with Crippen molar-refractivity contribution in [2.75, 3.05) is 13.7 Å². The zero-order valence-corrected chi connectivity index (χ0v) is 9.27. The van der Waals surface area contributed by atoms with Crippen LogP contribution < -0.4 is 4.74 Å². The summed E-state index contributed by atoms with van der Waals surface area (Å²) in [5, 5.41) is 8.82. The molecule has 0 saturated carbocycles. The van der Waals surface area contributed by atoms with Gasteiger partial charge in [-0.05, 0) is 19.1 Å². The van der Waals surface area contributed by atoms with E-state index >= 15 is 0 Å². The second-order valence-electron chi connectivity index (χ2n) is 3.34. The molecule has 0 amide bonds. The first kappa shape index (κ1) is 12.1. The van der Waals surface area contributed by atoms with E-state index in [2.05, 4.69) is 4.74 Å². The van der Waals surface area contributed by atoms with E-state index in [0.717, 1.165) is 0 Å². The summed E-state index contributed by atoms with van der Waals surface area (Å²) >= 11 is 0. The lowest BCUT2D eigenvalue weighted by atomic mass is 10.2. The number of methoxy groups -OCH3 is 1. The first-order valence-electron chi connectivity index (χ1n) is 4.88. The van der Waals surface area contributed by atoms with Gasteiger partial charge >= 0.3 is 5.97 Å². The number of ether oxygens (including phenoxy) is 2. The highest BCUT2D eigenvalue weighted by Crippen LogP contribution is 2.17. The Morgan fingerprint density at radius 3 is 2.81 bits per heavy atom. The van der Waals surface area contributed by atoms with Gasteiger partial charge in [-0.2, -0.15) is 5.26 Å². The van der Waals surface area contributed by atoms with E-state index in [0.29, 0.717) is 11.3 Å². The fourth-order valence-electron chi connectivity index (χ4n) is 1.17. The summed E-state index contributed by atoms with van der Waals surface area (Å²) in [5.41, 5.74) is 0.458. The lowest BCUT2D eigenvalue weighted by Gasteiger charge is -2.11. The molecule has 0 N–H and O–H groups in total. The number of nitrogens with zero attached hydrogens (tertiary/aromatic N) is 1. The maximum Gasteiger partial charge on any atom is 0.311 e. The van der Waals surface area contributed by atoms with Crippen molar-refractivity contribution in [3.05, 3.63) is 29.8 Å². The molecule has 0 aliphatic rings. The average Bonchev–Trinajstić information content (AvgIpc) is 2.35. The van der Waals surface area contributed by atoms with Gasteiger partial charge in [-0.3, -0.25) is 4.79 Å². The Bertz CT molecular complexity index is 409. The van der Waals surface area contributed by atoms with Crippen LogP contribution in [0.3, 0.4) is 0 Å². The first-order valence-corrected chi connectivity index (χ1v) is 4.88. The minimum atomic E-state index is -0.350. The van der Waals surface area contributed by atoms with E-state index in [1.165, 1.54) is 7.11 Å². The predicted octanol–water partition coefficient (Wildman–Crippen LogP) is 1.75. The number of rotatable bonds is 4. The third-order valence-electron chi connectivity index (χ3n) is 2.10. The van der Waals surface area contributed by atoms with Gasteiger partial charge in [0, 0.05) is 0 Å². The molecular formula is C12H13NO3. The maximum atomic E-state index is 11.1. The number of nitriles is 1. The highest BCUT2D eigenvalue weighted by molar-refractivity contribution is 5.71. The van der Waals surface area contributed by atoms with Crippen molar-refractivity contribution in [2.45, 2.75) is 6.92 Å². The second-order valence-corrected chi connectivity index (χ2v) is 3.34. The summed E-state index contributed by atoms with van der Waals surface area (Å²) in [6.07, 6.45) is 0. The van der Waals surface area contributed by atoms with Crippen LogP contribution in [0.4, 0.5) is 0 Å². The Kier molecular flexibility index (Phi) is 4.34. The topological polar surface area (TPSA) is 59.3 Å². The molecule has 0 aliphatic heterocycles. The molecule has 0 heterocycles. The summed E-state index contributed by atoms with van der Waals surface area (Å²) < 4.78 is 9.96. The van der Waals surface area contributed by atoms with Gasteiger partial charge in [-0.1, -0.05) is 12.1 Å². The van der Waals surface area contributed by atoms with Crippen LogP contribution in [0, 0.1) is 17.2 Å². The van der Waals surface area contributed by atoms with Crippen molar-refractivity contribution < 1.29 is 14.3 Å². The second kappa shape index (κ2) is 5.76. The van der Waals surface area contributed by atoms with Gasteiger partial charge in [0.15, 0.2) is 0 Å². The molecule has 0 spiro atoms. The zero-order valence-electron chi connectivity index (χ0n) is 9.27. The Labute approximate surface area is 94.4 Å². The number of para-hydroxylation sites is 1. The number of benzene rings is 1. The summed E-state index contributed by atoms with van der Waals surface area (Å²) in [5.74, 6) is -0.188. The standard InChI is InChI=1S/C12H13NO3/c1-9(12(14)15-2)8-16-11-6-4-3-5-10(11)7-13/h3-6,9H,8H2,1-2H3. The van der Waals surface area contributed by atoms with Gasteiger partial charge in [0.05, 0.1) is 18.6 Å². The van der Waals surface area contributed by atoms with Gasteiger partial charge < -0.3 is 9.47 Å². The quantitative estimate of drug-likeness (QED) is 0.724. The molecule has 0 aliphatic carbocycles. The van der Waals surface area contributed by atoms with E-state index in [9.17, 15) is 4.79 Å². The van der Waals surface area contributed by atoms with Crippen molar-refractivity contribution in [3.8, 4) is 11.8 Å². The van der Waals surface area contributed by atoms with Gasteiger partial charge in [0.2, 0.25) is 0 Å². The summed E-state index contributed by atoms with van der Waals surface area (Å²) in [4.78, 5) is 11.1. The van der Waals surface area contributed by atoms with Gasteiger partial charge in [-0.15, -0.1) is 0 Å². The van der Waals surface area contributed by atoms with Crippen molar-refractivity contribution in [1.82, 2.24) is 0 Å². The molecule has 1 aromatic rings. The third-order valence-corrected chi connectivity index (χ3v) is 2.10. The highest BCUT2D eigenvalue weighted by Gasteiger charge is 2.14. The molecule has 0 bridgehead atoms. The summed E-state index contributed by atoms with van der Waals surface area (Å²) in [6.45, 7) is 1.91. The monoisotopic (exact) mass is 219 g/mol. The molecule has 0 aromatic heterocycles. The lowest BCUT2D eigenvalue weighted by Crippen LogP contribution is -2.20. The third kappa shape index (κ3) is 2.99. The van der Waals surface area contributed by atoms with E-state index in [1.807, 2.05) is 6.07 Å². The molecule has 16 heavy (non-hydrogen) atoms. The molecule has 1 atom stereocenters. The van der Waals surface area contributed by atoms with Crippen LogP contribution >= 0.6 is 0 Å². The van der Waals surface area contributed by atoms with Crippen LogP contribution in [-0.4, -0.2) is 19.7 Å². The minimum Gasteiger partial charge on any atom is -0.491 e. The average molecular weight is 219 g/mol. The summed E-state index contributed by atoms with van der Waals surface area (Å²) in [7, 11) is 1.34. The van der Waals surface area contributed by atoms with Crippen LogP contribution in [0.5, 0.6) is 5.75 Å². The molecule has 0 saturated heterocycles. The summed E-state index contributed by atoms with van der Waals surface area (Å²) in [6, 6.07) is 8.92. The Balaban J connectivity index is 2.62. The Morgan fingerprint density at radius 2 is 2.19 bits per heavy atom. The SMILES string of the molecule is COC(=O)C(C)COc1ccccc1C#N. The van der Waals surface area contributed by atoms with Crippen molar-refractivity contribution >= 4 is 5.97 Å². The fourth-order valence-corrected chi connectivity index (χ4v) is 1.17. The molecule has 4 nitrogen and oxygen atoms in total. The minimum absolute atomic E-state index is 0.200. The van der Waals surface area contributed by atoms with Crippen molar-refractivity contribution in [2.24, 2.45) is 5.92 Å². The molecular weight excluding hydrogens is 206 g/mol. The fraction of sp³-hybridized carbons (Fsp3) is 0.333. The van der Waals surface area contributed by atoms with Gasteiger partial charge in [-0.25, -0.2) is 0 Å². The smallest absolute Gasteiger partial charge is 0.311 e. The number of carbonyl (C=O) groups is 1. The van der Waals surface area contributed by atoms with Gasteiger partial charge in [0.25, 0.3) is 0 Å². The van der Waals surface area contributed by atoms with Crippen LogP contribution in [-0.2, 0) is 9.53 Å². The van der Waals surface area contributed by atoms with E-state index in [1.54, 1.807) is 31.2 Å². The van der Waals surface area contributed by atoms with Crippen molar-refractivity contribution in [1.29, 1.82) is 5.26 Å². The number of esters is 1. The maximum absolute atomic E-state index is 11.1. The van der Waals surface area contributed by atoms with Gasteiger partial charge in [0.1, 0.15) is 18.4 Å². The Morgan fingerprint density at radius 1 is 1.50 bits per heavy atom. The number of carbonyl (C=O) groups excluding carboxylic acids is 1. The molecule has 84 valence electrons. The molecule has 1 unspecified atom stereocenters. The normalized spacial score (nSPS) is 11.3. The molecule has 4 heteroatoms. The largest absolute Gasteiger partial charge is 0.491 e.